The van der Waals surface area contributed by atoms with Crippen LogP contribution >= 0.6 is 0 Å². The van der Waals surface area contributed by atoms with Gasteiger partial charge in [-0.3, -0.25) is 0 Å². The van der Waals surface area contributed by atoms with Crippen molar-refractivity contribution < 1.29 is 32.2 Å². The molecule has 0 spiro atoms. The molecule has 1 aromatic carbocycles. The Morgan fingerprint density at radius 1 is 1.02 bits per heavy atom. The Kier molecular flexibility index (Phi) is 8.67. The number of carbonyl (C=O) groups is 2. The van der Waals surface area contributed by atoms with Gasteiger partial charge in [0.1, 0.15) is 22.8 Å². The minimum atomic E-state index is -4.43. The molecule has 1 atom stereocenters. The minimum Gasteiger partial charge on any atom is -0.444 e. The van der Waals surface area contributed by atoms with E-state index in [-0.39, 0.29) is 35.1 Å². The molecule has 5 rings (SSSR count). The second-order valence-electron chi connectivity index (χ2n) is 13.8. The van der Waals surface area contributed by atoms with Gasteiger partial charge in [0.2, 0.25) is 0 Å². The molecule has 10 nitrogen and oxygen atoms in total. The third-order valence-corrected chi connectivity index (χ3v) is 7.30. The average Bonchev–Trinajstić information content (AvgIpc) is 3.65. The molecule has 13 heteroatoms. The molecule has 1 aliphatic heterocycles. The number of amides is 2. The number of fused-ring (bicyclic) bond motifs is 1. The normalized spacial score (nSPS) is 17.7. The number of nitrogens with zero attached hydrogens (tertiary/aromatic N) is 5. The van der Waals surface area contributed by atoms with Crippen molar-refractivity contribution >= 4 is 35.2 Å². The van der Waals surface area contributed by atoms with Crippen molar-refractivity contribution in [2.75, 3.05) is 23.3 Å². The van der Waals surface area contributed by atoms with Crippen LogP contribution in [0.25, 0.3) is 5.65 Å². The molecule has 2 aromatic heterocycles. The summed E-state index contributed by atoms with van der Waals surface area (Å²) in [5.74, 6) is 0.976. The topological polar surface area (TPSA) is 101 Å². The van der Waals surface area contributed by atoms with Crippen LogP contribution in [0.5, 0.6) is 0 Å². The van der Waals surface area contributed by atoms with Gasteiger partial charge >= 0.3 is 18.4 Å². The highest BCUT2D eigenvalue weighted by Gasteiger charge is 2.34. The van der Waals surface area contributed by atoms with Crippen molar-refractivity contribution in [3.63, 3.8) is 0 Å². The average molecular weight is 631 g/mol. The van der Waals surface area contributed by atoms with Crippen LogP contribution in [0.4, 0.5) is 40.1 Å². The highest BCUT2D eigenvalue weighted by Crippen LogP contribution is 2.43. The van der Waals surface area contributed by atoms with Crippen LogP contribution in [0, 0.1) is 0 Å². The van der Waals surface area contributed by atoms with E-state index in [1.54, 1.807) is 44.0 Å². The lowest BCUT2D eigenvalue weighted by atomic mass is 10.1. The molecule has 1 saturated heterocycles. The summed E-state index contributed by atoms with van der Waals surface area (Å²) in [4.78, 5) is 34.4. The van der Waals surface area contributed by atoms with Crippen molar-refractivity contribution in [3.8, 4) is 0 Å². The number of likely N-dealkylation sites (tertiary alicyclic amines) is 1. The first-order chi connectivity index (χ1) is 21.0. The first-order valence-electron chi connectivity index (χ1n) is 15.3. The van der Waals surface area contributed by atoms with Gasteiger partial charge in [-0.25, -0.2) is 19.5 Å². The summed E-state index contributed by atoms with van der Waals surface area (Å²) in [5, 5.41) is 8.02. The van der Waals surface area contributed by atoms with E-state index in [4.69, 9.17) is 14.5 Å². The fourth-order valence-electron chi connectivity index (χ4n) is 5.35. The third kappa shape index (κ3) is 8.37. The number of anilines is 3. The second-order valence-corrected chi connectivity index (χ2v) is 13.8. The zero-order valence-corrected chi connectivity index (χ0v) is 26.6. The van der Waals surface area contributed by atoms with E-state index in [9.17, 15) is 22.8 Å². The standard InChI is InChI=1S/C32H41F3N6O4/c1-30(2,3)44-28(42)39-14-8-10-22(19-39)37-25-16-26(41-27(38-25)24(18-36-41)21-12-13-21)40(29(43)45-31(4,5)6)23-11-7-9-20(15-23)17-32(33,34)35/h7,9,11,15-16,18,21-22H,8,10,12-14,17,19H2,1-6H3,(H,37,38)/t22-/m0/s1. The van der Waals surface area contributed by atoms with Gasteiger partial charge in [-0.1, -0.05) is 12.1 Å². The molecule has 1 aliphatic carbocycles. The SMILES string of the molecule is CC(C)(C)OC(=O)N1CCC[C@H](Nc2cc(N(C(=O)OC(C)(C)C)c3cccc(CC(F)(F)F)c3)n3ncc(C4CC4)c3n2)C1. The molecule has 0 bridgehead atoms. The Bertz CT molecular complexity index is 1550. The zero-order chi connectivity index (χ0) is 32.7. The molecule has 3 heterocycles. The van der Waals surface area contributed by atoms with Crippen molar-refractivity contribution in [1.82, 2.24) is 19.5 Å². The number of piperidine rings is 1. The highest BCUT2D eigenvalue weighted by atomic mass is 19.4. The largest absolute Gasteiger partial charge is 0.444 e. The van der Waals surface area contributed by atoms with Gasteiger partial charge in [0.05, 0.1) is 18.3 Å². The van der Waals surface area contributed by atoms with Crippen LogP contribution in [-0.2, 0) is 15.9 Å². The Morgan fingerprint density at radius 3 is 2.38 bits per heavy atom. The van der Waals surface area contributed by atoms with E-state index < -0.39 is 29.9 Å². The van der Waals surface area contributed by atoms with Crippen LogP contribution in [0.15, 0.2) is 36.5 Å². The Labute approximate surface area is 260 Å². The number of halogens is 3. The Balaban J connectivity index is 1.56. The maximum atomic E-state index is 13.8. The van der Waals surface area contributed by atoms with E-state index in [0.717, 1.165) is 31.2 Å². The predicted octanol–water partition coefficient (Wildman–Crippen LogP) is 7.60. The summed E-state index contributed by atoms with van der Waals surface area (Å²) in [5.41, 5.74) is 0.152. The number of hydrogen-bond donors (Lipinski definition) is 1. The van der Waals surface area contributed by atoms with E-state index in [0.29, 0.717) is 24.6 Å². The second kappa shape index (κ2) is 12.1. The number of aromatic nitrogens is 3. The molecule has 244 valence electrons. The van der Waals surface area contributed by atoms with Gasteiger partial charge in [0.25, 0.3) is 0 Å². The van der Waals surface area contributed by atoms with Gasteiger partial charge in [0, 0.05) is 30.8 Å². The highest BCUT2D eigenvalue weighted by molar-refractivity contribution is 5.96. The number of nitrogens with one attached hydrogen (secondary N) is 1. The fourth-order valence-corrected chi connectivity index (χ4v) is 5.35. The van der Waals surface area contributed by atoms with E-state index in [1.165, 1.54) is 27.6 Å². The zero-order valence-electron chi connectivity index (χ0n) is 26.6. The number of rotatable bonds is 6. The monoisotopic (exact) mass is 630 g/mol. The number of carbonyl (C=O) groups excluding carboxylic acids is 2. The van der Waals surface area contributed by atoms with E-state index in [1.807, 2.05) is 20.8 Å². The van der Waals surface area contributed by atoms with E-state index >= 15 is 0 Å². The molecule has 1 N–H and O–H groups in total. The molecule has 1 saturated carbocycles. The quantitative estimate of drug-likeness (QED) is 0.299. The number of ether oxygens (including phenoxy) is 2. The maximum absolute atomic E-state index is 13.8. The molecule has 2 amide bonds. The molecule has 3 aromatic rings. The van der Waals surface area contributed by atoms with Crippen molar-refractivity contribution in [3.05, 3.63) is 47.7 Å². The molecule has 0 unspecified atom stereocenters. The van der Waals surface area contributed by atoms with Gasteiger partial charge in [0.15, 0.2) is 5.65 Å². The van der Waals surface area contributed by atoms with Crippen LogP contribution in [0.1, 0.15) is 84.3 Å². The molecule has 45 heavy (non-hydrogen) atoms. The first-order valence-corrected chi connectivity index (χ1v) is 15.3. The minimum absolute atomic E-state index is 0.000724. The predicted molar refractivity (Wildman–Crippen MR) is 164 cm³/mol. The van der Waals surface area contributed by atoms with Gasteiger partial charge in [-0.15, -0.1) is 0 Å². The van der Waals surface area contributed by atoms with Gasteiger partial charge in [-0.05, 0) is 90.8 Å². The van der Waals surface area contributed by atoms with Crippen LogP contribution in [-0.4, -0.2) is 68.2 Å². The lowest BCUT2D eigenvalue weighted by Crippen LogP contribution is -2.47. The number of alkyl halides is 3. The number of benzene rings is 1. The van der Waals surface area contributed by atoms with E-state index in [2.05, 4.69) is 10.4 Å². The Morgan fingerprint density at radius 2 is 1.73 bits per heavy atom. The summed E-state index contributed by atoms with van der Waals surface area (Å²) in [7, 11) is 0. The summed E-state index contributed by atoms with van der Waals surface area (Å²) in [6.07, 6.45) is -1.52. The summed E-state index contributed by atoms with van der Waals surface area (Å²) < 4.78 is 52.9. The molecular formula is C32H41F3N6O4. The molecule has 0 radical (unpaired) electrons. The van der Waals surface area contributed by atoms with Crippen molar-refractivity contribution in [2.24, 2.45) is 0 Å². The van der Waals surface area contributed by atoms with Crippen LogP contribution in [0.2, 0.25) is 0 Å². The van der Waals surface area contributed by atoms with Crippen molar-refractivity contribution in [1.29, 1.82) is 0 Å². The smallest absolute Gasteiger partial charge is 0.420 e. The number of hydrogen-bond acceptors (Lipinski definition) is 7. The summed E-state index contributed by atoms with van der Waals surface area (Å²) in [6, 6.07) is 7.24. The van der Waals surface area contributed by atoms with Gasteiger partial charge in [-0.2, -0.15) is 22.8 Å². The fraction of sp³-hybridized carbons (Fsp3) is 0.562. The summed E-state index contributed by atoms with van der Waals surface area (Å²) >= 11 is 0. The maximum Gasteiger partial charge on any atom is 0.420 e. The lowest BCUT2D eigenvalue weighted by molar-refractivity contribution is -0.127. The first kappa shape index (κ1) is 32.4. The molecule has 2 fully saturated rings. The van der Waals surface area contributed by atoms with Crippen LogP contribution in [0.3, 0.4) is 0 Å². The van der Waals surface area contributed by atoms with Gasteiger partial charge < -0.3 is 19.7 Å². The third-order valence-electron chi connectivity index (χ3n) is 7.30. The van der Waals surface area contributed by atoms with Crippen LogP contribution < -0.4 is 10.2 Å². The summed E-state index contributed by atoms with van der Waals surface area (Å²) in [6.45, 7) is 11.6. The molecule has 2 aliphatic rings. The Hall–Kier alpha value is -4.03. The van der Waals surface area contributed by atoms with Crippen molar-refractivity contribution in [2.45, 2.75) is 103 Å². The molecular weight excluding hydrogens is 589 g/mol. The lowest BCUT2D eigenvalue weighted by Gasteiger charge is -2.34.